The van der Waals surface area contributed by atoms with Crippen molar-refractivity contribution < 1.29 is 35.9 Å². The predicted octanol–water partition coefficient (Wildman–Crippen LogP) is 7.77. The van der Waals surface area contributed by atoms with Gasteiger partial charge in [0.2, 0.25) is 5.95 Å². The number of benzene rings is 2. The maximum Gasteiger partial charge on any atom is 0.417 e. The van der Waals surface area contributed by atoms with Gasteiger partial charge in [-0.1, -0.05) is 42.5 Å². The van der Waals surface area contributed by atoms with Crippen LogP contribution < -0.4 is 16.1 Å². The molecule has 4 aromatic heterocycles. The minimum Gasteiger partial charge on any atom is -0.325 e. The first-order chi connectivity index (χ1) is 30.7. The van der Waals surface area contributed by atoms with Crippen LogP contribution in [0.15, 0.2) is 121 Å². The van der Waals surface area contributed by atoms with Crippen LogP contribution in [0.1, 0.15) is 57.0 Å². The highest BCUT2D eigenvalue weighted by molar-refractivity contribution is 6.04. The minimum atomic E-state index is -4.66. The van der Waals surface area contributed by atoms with Gasteiger partial charge in [0.15, 0.2) is 11.3 Å². The smallest absolute Gasteiger partial charge is 0.325 e. The Morgan fingerprint density at radius 2 is 1.48 bits per heavy atom. The molecule has 0 atom stereocenters. The summed E-state index contributed by atoms with van der Waals surface area (Å²) >= 11 is 0. The maximum atomic E-state index is 14.1. The number of likely N-dealkylation sites (tertiary alicyclic amines) is 1. The highest BCUT2D eigenvalue weighted by atomic mass is 19.4. The second kappa shape index (κ2) is 16.6. The van der Waals surface area contributed by atoms with Gasteiger partial charge in [-0.3, -0.25) is 25.2 Å². The fraction of sp³-hybridized carbons (Fsp3) is 0.205. The second-order valence-corrected chi connectivity index (χ2v) is 15.2. The van der Waals surface area contributed by atoms with Crippen molar-refractivity contribution in [3.05, 3.63) is 160 Å². The summed E-state index contributed by atoms with van der Waals surface area (Å²) in [7, 11) is 0. The molecule has 64 heavy (non-hydrogen) atoms. The number of pyridine rings is 1. The fourth-order valence-corrected chi connectivity index (χ4v) is 7.74. The van der Waals surface area contributed by atoms with Crippen molar-refractivity contribution in [1.82, 2.24) is 49.8 Å². The van der Waals surface area contributed by atoms with Gasteiger partial charge in [0.25, 0.3) is 11.8 Å². The molecule has 3 aliphatic rings. The molecule has 1 saturated heterocycles. The van der Waals surface area contributed by atoms with Crippen LogP contribution >= 0.6 is 0 Å². The summed E-state index contributed by atoms with van der Waals surface area (Å²) in [5, 5.41) is 11.1. The zero-order valence-electron chi connectivity index (χ0n) is 33.7. The van der Waals surface area contributed by atoms with Crippen LogP contribution in [0.4, 0.5) is 38.1 Å². The molecule has 14 nitrogen and oxygen atoms in total. The molecular formula is C44H36F6N12O2. The third-order valence-corrected chi connectivity index (χ3v) is 10.7. The molecule has 0 aliphatic carbocycles. The van der Waals surface area contributed by atoms with Crippen molar-refractivity contribution in [2.24, 2.45) is 0 Å². The quantitative estimate of drug-likeness (QED) is 0.116. The number of carbonyl (C=O) groups excluding carboxylic acids is 2. The number of halogens is 6. The third-order valence-electron chi connectivity index (χ3n) is 10.7. The van der Waals surface area contributed by atoms with E-state index in [1.807, 2.05) is 6.07 Å². The van der Waals surface area contributed by atoms with Gasteiger partial charge in [-0.2, -0.15) is 31.4 Å². The lowest BCUT2D eigenvalue weighted by atomic mass is 10.0. The predicted molar refractivity (Wildman–Crippen MR) is 222 cm³/mol. The molecule has 9 rings (SSSR count). The first kappa shape index (κ1) is 41.7. The number of hydrazine groups is 1. The average Bonchev–Trinajstić information content (AvgIpc) is 4.03. The number of fused-ring (bicyclic) bond motifs is 2. The normalized spacial score (nSPS) is 15.4. The first-order valence-corrected chi connectivity index (χ1v) is 20.0. The Labute approximate surface area is 360 Å². The van der Waals surface area contributed by atoms with E-state index in [0.717, 1.165) is 54.7 Å². The fourth-order valence-electron chi connectivity index (χ4n) is 7.74. The molecule has 20 heteroatoms. The Hall–Kier alpha value is -7.61. The van der Waals surface area contributed by atoms with E-state index in [0.29, 0.717) is 17.2 Å². The molecule has 0 spiro atoms. The van der Waals surface area contributed by atoms with Gasteiger partial charge in [-0.05, 0) is 87.0 Å². The van der Waals surface area contributed by atoms with Crippen molar-refractivity contribution in [3.8, 4) is 11.3 Å². The minimum absolute atomic E-state index is 0.00206. The molecule has 2 aromatic carbocycles. The van der Waals surface area contributed by atoms with E-state index in [4.69, 9.17) is 0 Å². The van der Waals surface area contributed by atoms with Crippen molar-refractivity contribution in [2.45, 2.75) is 45.2 Å². The molecule has 2 amide bonds. The lowest BCUT2D eigenvalue weighted by Crippen LogP contribution is -2.40. The van der Waals surface area contributed by atoms with Crippen LogP contribution in [0.25, 0.3) is 22.6 Å². The molecular weight excluding hydrogens is 843 g/mol. The zero-order chi connectivity index (χ0) is 44.8. The molecule has 3 N–H and O–H groups in total. The van der Waals surface area contributed by atoms with Crippen molar-refractivity contribution in [3.63, 3.8) is 0 Å². The standard InChI is InChI=1S/C44H36F6N12O2/c1-26-20-28(54-42(53-26)56-40(63)35-22-52-38-16-13-33(57-61(35)38)29-8-2-4-10-31(29)43(45,46)47)24-60-25-36(41(64)55-37-15-12-27(21-51-37)23-59-18-6-7-19-59)62-39(60)17-14-34(58-62)30-9-3-5-11-32(30)44(48,49)50/h2-5,8-17,20-22,25,58H,6-7,18-19,23-24H2,1H3,(H,51,55,64)(H,53,54,56,63). The summed E-state index contributed by atoms with van der Waals surface area (Å²) in [6.07, 6.45) is 0.444. The Kier molecular flexibility index (Phi) is 10.8. The largest absolute Gasteiger partial charge is 0.417 e. The third kappa shape index (κ3) is 8.58. The van der Waals surface area contributed by atoms with Crippen LogP contribution in [0.5, 0.6) is 0 Å². The van der Waals surface area contributed by atoms with E-state index in [1.165, 1.54) is 72.0 Å². The second-order valence-electron chi connectivity index (χ2n) is 15.2. The van der Waals surface area contributed by atoms with Crippen molar-refractivity contribution in [2.75, 3.05) is 23.7 Å². The number of nitrogens with zero attached hydrogens (tertiary/aromatic N) is 9. The Morgan fingerprint density at radius 1 is 0.766 bits per heavy atom. The number of anilines is 2. The maximum absolute atomic E-state index is 14.1. The Bertz CT molecular complexity index is 2880. The van der Waals surface area contributed by atoms with Gasteiger partial charge < -0.3 is 10.2 Å². The highest BCUT2D eigenvalue weighted by Crippen LogP contribution is 2.38. The van der Waals surface area contributed by atoms with Crippen molar-refractivity contribution >= 4 is 34.9 Å². The molecule has 6 aromatic rings. The number of allylic oxidation sites excluding steroid dienone is 2. The number of amides is 2. The van der Waals surface area contributed by atoms with E-state index in [2.05, 4.69) is 46.0 Å². The van der Waals surface area contributed by atoms with Crippen molar-refractivity contribution in [1.29, 1.82) is 0 Å². The monoisotopic (exact) mass is 878 g/mol. The van der Waals surface area contributed by atoms with E-state index in [-0.39, 0.29) is 57.9 Å². The average molecular weight is 879 g/mol. The van der Waals surface area contributed by atoms with Crippen LogP contribution in [0.3, 0.4) is 0 Å². The number of aromatic nitrogens is 6. The van der Waals surface area contributed by atoms with Crippen LogP contribution in [-0.4, -0.2) is 69.3 Å². The number of imidazole rings is 1. The van der Waals surface area contributed by atoms with E-state index in [9.17, 15) is 35.9 Å². The Morgan fingerprint density at radius 3 is 2.20 bits per heavy atom. The van der Waals surface area contributed by atoms with Gasteiger partial charge in [-0.25, -0.2) is 29.5 Å². The number of hydrogen-bond acceptors (Lipinski definition) is 11. The summed E-state index contributed by atoms with van der Waals surface area (Å²) < 4.78 is 85.0. The summed E-state index contributed by atoms with van der Waals surface area (Å²) in [6.45, 7) is 4.42. The molecule has 1 fully saturated rings. The summed E-state index contributed by atoms with van der Waals surface area (Å²) in [5.41, 5.74) is 2.90. The molecule has 7 heterocycles. The SMILES string of the molecule is Cc1cc(CN2C=C(C(=O)Nc3ccc(CN4CCCC4)cn3)N3NC(c4ccccc4C(F)(F)F)=CC=C23)nc(NC(=O)c2cnc3ccc(-c4ccccc4C(F)(F)F)nn23)n1. The van der Waals surface area contributed by atoms with Crippen LogP contribution in [0, 0.1) is 6.92 Å². The van der Waals surface area contributed by atoms with Crippen LogP contribution in [-0.2, 0) is 30.2 Å². The molecule has 0 saturated carbocycles. The van der Waals surface area contributed by atoms with Gasteiger partial charge in [0.1, 0.15) is 17.3 Å². The lowest BCUT2D eigenvalue weighted by molar-refractivity contribution is -0.138. The molecule has 0 bridgehead atoms. The topological polar surface area (TPSA) is 149 Å². The number of carbonyl (C=O) groups is 2. The number of aryl methyl sites for hydroxylation is 1. The summed E-state index contributed by atoms with van der Waals surface area (Å²) in [4.78, 5) is 49.2. The van der Waals surface area contributed by atoms with E-state index < -0.39 is 35.3 Å². The van der Waals surface area contributed by atoms with Gasteiger partial charge in [0.05, 0.1) is 41.0 Å². The number of hydrogen-bond donors (Lipinski definition) is 3. The number of alkyl halides is 6. The molecule has 3 aliphatic heterocycles. The zero-order valence-corrected chi connectivity index (χ0v) is 33.7. The first-order valence-electron chi connectivity index (χ1n) is 20.0. The highest BCUT2D eigenvalue weighted by Gasteiger charge is 2.38. The number of nitrogens with one attached hydrogen (secondary N) is 3. The van der Waals surface area contributed by atoms with Crippen LogP contribution in [0.2, 0.25) is 0 Å². The Balaban J connectivity index is 0.986. The summed E-state index contributed by atoms with van der Waals surface area (Å²) in [6, 6.07) is 18.1. The molecule has 0 unspecified atom stereocenters. The number of rotatable bonds is 10. The van der Waals surface area contributed by atoms with Gasteiger partial charge in [-0.15, -0.1) is 0 Å². The molecule has 0 radical (unpaired) electrons. The van der Waals surface area contributed by atoms with Gasteiger partial charge in [0, 0.05) is 35.8 Å². The summed E-state index contributed by atoms with van der Waals surface area (Å²) in [5.74, 6) is -0.839. The van der Waals surface area contributed by atoms with Gasteiger partial charge >= 0.3 is 12.4 Å². The van der Waals surface area contributed by atoms with E-state index >= 15 is 0 Å². The van der Waals surface area contributed by atoms with E-state index in [1.54, 1.807) is 36.2 Å². The molecule has 326 valence electrons. The lowest BCUT2D eigenvalue weighted by Gasteiger charge is -2.32.